The van der Waals surface area contributed by atoms with Gasteiger partial charge in [0, 0.05) is 0 Å². The molecule has 4 nitrogen and oxygen atoms in total. The van der Waals surface area contributed by atoms with Crippen LogP contribution in [0.15, 0.2) is 42.7 Å². The lowest BCUT2D eigenvalue weighted by molar-refractivity contribution is -0.255. The summed E-state index contributed by atoms with van der Waals surface area (Å²) in [7, 11) is 0. The van der Waals surface area contributed by atoms with Crippen LogP contribution in [-0.2, 0) is 0 Å². The number of aromatic carboxylic acids is 1. The molecule has 1 aromatic heterocycles. The fourth-order valence-corrected chi connectivity index (χ4v) is 2.41. The van der Waals surface area contributed by atoms with E-state index in [0.29, 0.717) is 5.52 Å². The van der Waals surface area contributed by atoms with Crippen LogP contribution < -0.4 is 5.11 Å². The van der Waals surface area contributed by atoms with Gasteiger partial charge in [0.15, 0.2) is 0 Å². The van der Waals surface area contributed by atoms with Gasteiger partial charge < -0.3 is 9.90 Å². The Balaban J connectivity index is 2.20. The molecule has 0 saturated carbocycles. The fourth-order valence-electron chi connectivity index (χ4n) is 2.41. The Morgan fingerprint density at radius 2 is 1.95 bits per heavy atom. The highest BCUT2D eigenvalue weighted by Gasteiger charge is 2.08. The molecule has 0 fully saturated rings. The smallest absolute Gasteiger partial charge is 0.100 e. The van der Waals surface area contributed by atoms with Crippen molar-refractivity contribution in [2.24, 2.45) is 0 Å². The van der Waals surface area contributed by atoms with E-state index in [0.717, 1.165) is 16.8 Å². The molecule has 0 aliphatic heterocycles. The van der Waals surface area contributed by atoms with Crippen LogP contribution in [0, 0.1) is 13.8 Å². The maximum absolute atomic E-state index is 10.9. The topological polar surface area (TPSA) is 58.0 Å². The van der Waals surface area contributed by atoms with E-state index in [1.165, 1.54) is 11.6 Å². The zero-order valence-corrected chi connectivity index (χ0v) is 11.3. The van der Waals surface area contributed by atoms with Gasteiger partial charge in [-0.15, -0.1) is 0 Å². The van der Waals surface area contributed by atoms with Gasteiger partial charge in [-0.3, -0.25) is 4.57 Å². The molecule has 100 valence electrons. The summed E-state index contributed by atoms with van der Waals surface area (Å²) in [6.45, 7) is 4.10. The number of benzene rings is 2. The predicted molar refractivity (Wildman–Crippen MR) is 74.9 cm³/mol. The molecule has 0 atom stereocenters. The summed E-state index contributed by atoms with van der Waals surface area (Å²) in [5.74, 6) is -1.19. The molecule has 0 unspecified atom stereocenters. The summed E-state index contributed by atoms with van der Waals surface area (Å²) < 4.78 is 1.96. The predicted octanol–water partition coefficient (Wildman–Crippen LogP) is 2.01. The fraction of sp³-hybridized carbons (Fsp3) is 0.125. The minimum absolute atomic E-state index is 0.142. The van der Waals surface area contributed by atoms with Crippen molar-refractivity contribution in [2.75, 3.05) is 0 Å². The van der Waals surface area contributed by atoms with Gasteiger partial charge in [-0.05, 0) is 43.2 Å². The minimum Gasteiger partial charge on any atom is -0.545 e. The van der Waals surface area contributed by atoms with Crippen molar-refractivity contribution < 1.29 is 9.90 Å². The molecular formula is C16H13N2O2-. The van der Waals surface area contributed by atoms with Gasteiger partial charge in [-0.25, -0.2) is 4.98 Å². The first-order chi connectivity index (χ1) is 9.56. The molecule has 0 aliphatic rings. The van der Waals surface area contributed by atoms with E-state index in [1.54, 1.807) is 18.5 Å². The molecule has 1 heterocycles. The normalized spacial score (nSPS) is 10.9. The van der Waals surface area contributed by atoms with Crippen molar-refractivity contribution in [1.82, 2.24) is 9.55 Å². The Labute approximate surface area is 116 Å². The number of rotatable bonds is 2. The monoisotopic (exact) mass is 265 g/mol. The first-order valence-corrected chi connectivity index (χ1v) is 6.32. The molecule has 0 bridgehead atoms. The zero-order chi connectivity index (χ0) is 14.3. The van der Waals surface area contributed by atoms with Crippen LogP contribution in [0.25, 0.3) is 16.7 Å². The Bertz CT molecular complexity index is 818. The van der Waals surface area contributed by atoms with Gasteiger partial charge >= 0.3 is 0 Å². The average molecular weight is 265 g/mol. The quantitative estimate of drug-likeness (QED) is 0.712. The molecule has 2 aromatic carbocycles. The van der Waals surface area contributed by atoms with Crippen molar-refractivity contribution in [3.8, 4) is 5.69 Å². The second-order valence-electron chi connectivity index (χ2n) is 4.90. The largest absolute Gasteiger partial charge is 0.545 e. The molecule has 3 aromatic rings. The van der Waals surface area contributed by atoms with E-state index in [-0.39, 0.29) is 5.56 Å². The van der Waals surface area contributed by atoms with Crippen molar-refractivity contribution >= 4 is 17.0 Å². The number of hydrogen-bond donors (Lipinski definition) is 0. The van der Waals surface area contributed by atoms with Crippen LogP contribution in [0.5, 0.6) is 0 Å². The van der Waals surface area contributed by atoms with E-state index >= 15 is 0 Å². The molecule has 0 N–H and O–H groups in total. The Morgan fingerprint density at radius 3 is 2.65 bits per heavy atom. The average Bonchev–Trinajstić information content (AvgIpc) is 2.81. The van der Waals surface area contributed by atoms with E-state index in [1.807, 2.05) is 23.6 Å². The van der Waals surface area contributed by atoms with Crippen LogP contribution >= 0.6 is 0 Å². The van der Waals surface area contributed by atoms with E-state index in [9.17, 15) is 9.90 Å². The summed E-state index contributed by atoms with van der Waals surface area (Å²) in [6.07, 6.45) is 1.71. The highest BCUT2D eigenvalue weighted by atomic mass is 16.4. The lowest BCUT2D eigenvalue weighted by Gasteiger charge is -2.09. The van der Waals surface area contributed by atoms with Gasteiger partial charge in [-0.2, -0.15) is 0 Å². The summed E-state index contributed by atoms with van der Waals surface area (Å²) in [6, 6.07) is 11.0. The maximum Gasteiger partial charge on any atom is 0.100 e. The number of imidazole rings is 1. The van der Waals surface area contributed by atoms with E-state index in [2.05, 4.69) is 18.0 Å². The molecule has 0 spiro atoms. The molecule has 0 amide bonds. The Morgan fingerprint density at radius 1 is 1.15 bits per heavy atom. The number of carboxylic acids is 1. The molecule has 4 heteroatoms. The number of carbonyl (C=O) groups is 1. The van der Waals surface area contributed by atoms with Gasteiger partial charge in [-0.1, -0.05) is 23.8 Å². The van der Waals surface area contributed by atoms with Gasteiger partial charge in [0.1, 0.15) is 6.33 Å². The number of fused-ring (bicyclic) bond motifs is 1. The molecular weight excluding hydrogens is 252 g/mol. The number of carboxylic acid groups (broad SMARTS) is 1. The van der Waals surface area contributed by atoms with Crippen molar-refractivity contribution in [3.63, 3.8) is 0 Å². The maximum atomic E-state index is 10.9. The first-order valence-electron chi connectivity index (χ1n) is 6.32. The minimum atomic E-state index is -1.19. The molecule has 0 saturated heterocycles. The van der Waals surface area contributed by atoms with Crippen molar-refractivity contribution in [3.05, 3.63) is 59.4 Å². The van der Waals surface area contributed by atoms with Crippen LogP contribution in [-0.4, -0.2) is 15.5 Å². The van der Waals surface area contributed by atoms with Crippen molar-refractivity contribution in [2.45, 2.75) is 13.8 Å². The van der Waals surface area contributed by atoms with E-state index < -0.39 is 5.97 Å². The van der Waals surface area contributed by atoms with E-state index in [4.69, 9.17) is 0 Å². The third-order valence-corrected chi connectivity index (χ3v) is 3.39. The number of aromatic nitrogens is 2. The number of nitrogens with zero attached hydrogens (tertiary/aromatic N) is 2. The number of carbonyl (C=O) groups excluding carboxylic acids is 1. The second kappa shape index (κ2) is 4.49. The number of hydrogen-bond acceptors (Lipinski definition) is 3. The lowest BCUT2D eigenvalue weighted by atomic mass is 10.1. The summed E-state index contributed by atoms with van der Waals surface area (Å²) in [5, 5.41) is 10.9. The first kappa shape index (κ1) is 12.4. The van der Waals surface area contributed by atoms with Crippen LogP contribution in [0.1, 0.15) is 21.5 Å². The Kier molecular flexibility index (Phi) is 2.79. The lowest BCUT2D eigenvalue weighted by Crippen LogP contribution is -2.21. The summed E-state index contributed by atoms with van der Waals surface area (Å²) in [4.78, 5) is 15.1. The van der Waals surface area contributed by atoms with Crippen LogP contribution in [0.4, 0.5) is 0 Å². The second-order valence-corrected chi connectivity index (χ2v) is 4.90. The zero-order valence-electron chi connectivity index (χ0n) is 11.3. The molecule has 20 heavy (non-hydrogen) atoms. The van der Waals surface area contributed by atoms with Crippen LogP contribution in [0.2, 0.25) is 0 Å². The van der Waals surface area contributed by atoms with Gasteiger partial charge in [0.2, 0.25) is 0 Å². The third-order valence-electron chi connectivity index (χ3n) is 3.39. The molecule has 3 rings (SSSR count). The summed E-state index contributed by atoms with van der Waals surface area (Å²) >= 11 is 0. The molecule has 0 radical (unpaired) electrons. The third kappa shape index (κ3) is 1.95. The standard InChI is InChI=1S/C16H14N2O2/c1-10-3-5-14(11(2)7-10)18-9-17-13-8-12(16(19)20)4-6-15(13)18/h3-9H,1-2H3,(H,19,20)/p-1. The SMILES string of the molecule is Cc1ccc(-n2cnc3cc(C(=O)[O-])ccc32)c(C)c1. The van der Waals surface area contributed by atoms with Crippen molar-refractivity contribution in [1.29, 1.82) is 0 Å². The highest BCUT2D eigenvalue weighted by molar-refractivity contribution is 5.91. The molecule has 0 aliphatic carbocycles. The highest BCUT2D eigenvalue weighted by Crippen LogP contribution is 2.22. The number of aryl methyl sites for hydroxylation is 2. The van der Waals surface area contributed by atoms with Gasteiger partial charge in [0.25, 0.3) is 0 Å². The summed E-state index contributed by atoms with van der Waals surface area (Å²) in [5.41, 5.74) is 5.06. The van der Waals surface area contributed by atoms with Gasteiger partial charge in [0.05, 0.1) is 22.7 Å². The van der Waals surface area contributed by atoms with Crippen LogP contribution in [0.3, 0.4) is 0 Å². The Hall–Kier alpha value is -2.62.